The van der Waals surface area contributed by atoms with Crippen molar-refractivity contribution in [2.75, 3.05) is 18.6 Å². The average molecular weight is 368 g/mol. The number of nitrogens with zero attached hydrogens (tertiary/aromatic N) is 1. The number of aryl methyl sites for hydroxylation is 1. The number of furan rings is 1. The second-order valence-corrected chi connectivity index (χ2v) is 8.74. The Morgan fingerprint density at radius 1 is 1.29 bits per heavy atom. The third-order valence-electron chi connectivity index (χ3n) is 4.35. The summed E-state index contributed by atoms with van der Waals surface area (Å²) in [5.74, 6) is 0.555. The van der Waals surface area contributed by atoms with Crippen molar-refractivity contribution in [2.45, 2.75) is 19.4 Å². The third kappa shape index (κ3) is 3.35. The monoisotopic (exact) mass is 367 g/mol. The van der Waals surface area contributed by atoms with Crippen LogP contribution >= 0.6 is 11.6 Å². The molecule has 0 aliphatic carbocycles. The van der Waals surface area contributed by atoms with Crippen LogP contribution in [0.25, 0.3) is 11.3 Å². The highest BCUT2D eigenvalue weighted by atomic mass is 35.5. The van der Waals surface area contributed by atoms with E-state index < -0.39 is 9.84 Å². The van der Waals surface area contributed by atoms with Gasteiger partial charge in [-0.05, 0) is 37.1 Å². The molecule has 24 heavy (non-hydrogen) atoms. The van der Waals surface area contributed by atoms with E-state index in [1.165, 1.54) is 4.90 Å². The largest absolute Gasteiger partial charge is 0.451 e. The smallest absolute Gasteiger partial charge is 0.289 e. The Hall–Kier alpha value is -1.79. The van der Waals surface area contributed by atoms with Crippen LogP contribution in [-0.4, -0.2) is 43.8 Å². The SMILES string of the molecule is Cc1ccc(-c2ccc(C(=O)N(C)[C@H]3CCS(=O)(=O)C3)o2)cc1Cl. The predicted octanol–water partition coefficient (Wildman–Crippen LogP) is 3.17. The molecule has 1 atom stereocenters. The first kappa shape index (κ1) is 17.0. The van der Waals surface area contributed by atoms with Crippen molar-refractivity contribution in [1.82, 2.24) is 4.90 Å². The standard InChI is InChI=1S/C17H18ClNO4S/c1-11-3-4-12(9-14(11)18)15-5-6-16(23-15)17(20)19(2)13-7-8-24(21,22)10-13/h3-6,9,13H,7-8,10H2,1-2H3/t13-/m0/s1. The summed E-state index contributed by atoms with van der Waals surface area (Å²) >= 11 is 6.12. The maximum Gasteiger partial charge on any atom is 0.289 e. The second-order valence-electron chi connectivity index (χ2n) is 6.10. The Balaban J connectivity index is 1.79. The van der Waals surface area contributed by atoms with E-state index in [-0.39, 0.29) is 29.2 Å². The van der Waals surface area contributed by atoms with Crippen molar-refractivity contribution in [2.24, 2.45) is 0 Å². The van der Waals surface area contributed by atoms with Crippen molar-refractivity contribution in [3.8, 4) is 11.3 Å². The minimum atomic E-state index is -3.04. The van der Waals surface area contributed by atoms with Crippen LogP contribution in [0.1, 0.15) is 22.5 Å². The molecule has 1 saturated heterocycles. The highest BCUT2D eigenvalue weighted by Crippen LogP contribution is 2.28. The van der Waals surface area contributed by atoms with E-state index in [2.05, 4.69) is 0 Å². The zero-order valence-electron chi connectivity index (χ0n) is 13.5. The van der Waals surface area contributed by atoms with Crippen LogP contribution in [0.2, 0.25) is 5.02 Å². The molecule has 1 aliphatic rings. The van der Waals surface area contributed by atoms with Gasteiger partial charge in [0.2, 0.25) is 0 Å². The van der Waals surface area contributed by atoms with E-state index >= 15 is 0 Å². The van der Waals surface area contributed by atoms with Crippen molar-refractivity contribution < 1.29 is 17.6 Å². The minimum absolute atomic E-state index is 0.0103. The molecule has 7 heteroatoms. The molecule has 1 aromatic carbocycles. The third-order valence-corrected chi connectivity index (χ3v) is 6.51. The number of carbonyl (C=O) groups is 1. The first-order valence-corrected chi connectivity index (χ1v) is 9.81. The molecule has 1 aliphatic heterocycles. The number of carbonyl (C=O) groups excluding carboxylic acids is 1. The van der Waals surface area contributed by atoms with Crippen LogP contribution in [0.5, 0.6) is 0 Å². The van der Waals surface area contributed by atoms with Crippen molar-refractivity contribution >= 4 is 27.3 Å². The summed E-state index contributed by atoms with van der Waals surface area (Å²) in [5.41, 5.74) is 1.75. The van der Waals surface area contributed by atoms with Gasteiger partial charge in [0.15, 0.2) is 15.6 Å². The van der Waals surface area contributed by atoms with Gasteiger partial charge in [0.1, 0.15) is 5.76 Å². The predicted molar refractivity (Wildman–Crippen MR) is 93.0 cm³/mol. The van der Waals surface area contributed by atoms with Gasteiger partial charge in [0.25, 0.3) is 5.91 Å². The zero-order chi connectivity index (χ0) is 17.5. The lowest BCUT2D eigenvalue weighted by molar-refractivity contribution is 0.0716. The lowest BCUT2D eigenvalue weighted by atomic mass is 10.1. The molecule has 3 rings (SSSR count). The maximum absolute atomic E-state index is 12.5. The molecule has 0 bridgehead atoms. The molecule has 2 heterocycles. The fourth-order valence-corrected chi connectivity index (χ4v) is 4.73. The molecule has 0 radical (unpaired) electrons. The number of amides is 1. The van der Waals surface area contributed by atoms with Crippen LogP contribution in [0, 0.1) is 6.92 Å². The summed E-state index contributed by atoms with van der Waals surface area (Å²) in [7, 11) is -1.43. The Morgan fingerprint density at radius 2 is 2.04 bits per heavy atom. The highest BCUT2D eigenvalue weighted by molar-refractivity contribution is 7.91. The number of halogens is 1. The van der Waals surface area contributed by atoms with Gasteiger partial charge in [-0.15, -0.1) is 0 Å². The molecule has 0 spiro atoms. The number of hydrogen-bond donors (Lipinski definition) is 0. The molecule has 0 saturated carbocycles. The normalized spacial score (nSPS) is 19.4. The van der Waals surface area contributed by atoms with Crippen LogP contribution in [-0.2, 0) is 9.84 Å². The van der Waals surface area contributed by atoms with Crippen LogP contribution in [0.4, 0.5) is 0 Å². The molecule has 5 nitrogen and oxygen atoms in total. The van der Waals surface area contributed by atoms with Gasteiger partial charge in [-0.3, -0.25) is 4.79 Å². The molecule has 1 aromatic heterocycles. The average Bonchev–Trinajstić information content (AvgIpc) is 3.15. The fourth-order valence-electron chi connectivity index (χ4n) is 2.77. The summed E-state index contributed by atoms with van der Waals surface area (Å²) < 4.78 is 28.8. The van der Waals surface area contributed by atoms with Gasteiger partial charge in [-0.25, -0.2) is 8.42 Å². The Labute approximate surface area is 146 Å². The van der Waals surface area contributed by atoms with E-state index in [9.17, 15) is 13.2 Å². The van der Waals surface area contributed by atoms with E-state index in [4.69, 9.17) is 16.0 Å². The van der Waals surface area contributed by atoms with Gasteiger partial charge in [0.05, 0.1) is 11.5 Å². The Kier molecular flexibility index (Phi) is 4.44. The van der Waals surface area contributed by atoms with E-state index in [1.807, 2.05) is 19.1 Å². The quantitative estimate of drug-likeness (QED) is 0.835. The van der Waals surface area contributed by atoms with Crippen LogP contribution < -0.4 is 0 Å². The number of rotatable bonds is 3. The van der Waals surface area contributed by atoms with Gasteiger partial charge < -0.3 is 9.32 Å². The molecule has 0 N–H and O–H groups in total. The first-order chi connectivity index (χ1) is 11.3. The summed E-state index contributed by atoms with van der Waals surface area (Å²) in [4.78, 5) is 14.0. The van der Waals surface area contributed by atoms with Gasteiger partial charge in [-0.1, -0.05) is 23.7 Å². The summed E-state index contributed by atoms with van der Waals surface area (Å²) in [6.45, 7) is 1.91. The Morgan fingerprint density at radius 3 is 2.67 bits per heavy atom. The maximum atomic E-state index is 12.5. The fraction of sp³-hybridized carbons (Fsp3) is 0.353. The molecule has 2 aromatic rings. The van der Waals surface area contributed by atoms with Crippen LogP contribution in [0.3, 0.4) is 0 Å². The molecule has 0 unspecified atom stereocenters. The summed E-state index contributed by atoms with van der Waals surface area (Å²) in [5, 5.41) is 0.630. The van der Waals surface area contributed by atoms with E-state index in [0.29, 0.717) is 17.2 Å². The van der Waals surface area contributed by atoms with Gasteiger partial charge >= 0.3 is 0 Å². The first-order valence-electron chi connectivity index (χ1n) is 7.61. The lowest BCUT2D eigenvalue weighted by Crippen LogP contribution is -2.37. The second kappa shape index (κ2) is 6.26. The molecule has 1 amide bonds. The number of sulfone groups is 1. The van der Waals surface area contributed by atoms with Crippen molar-refractivity contribution in [1.29, 1.82) is 0 Å². The van der Waals surface area contributed by atoms with Crippen molar-refractivity contribution in [3.05, 3.63) is 46.7 Å². The van der Waals surface area contributed by atoms with Crippen LogP contribution in [0.15, 0.2) is 34.7 Å². The number of hydrogen-bond acceptors (Lipinski definition) is 4. The molecular weight excluding hydrogens is 350 g/mol. The summed E-state index contributed by atoms with van der Waals surface area (Å²) in [6, 6.07) is 8.57. The van der Waals surface area contributed by atoms with Gasteiger partial charge in [0, 0.05) is 23.7 Å². The molecular formula is C17H18ClNO4S. The minimum Gasteiger partial charge on any atom is -0.451 e. The topological polar surface area (TPSA) is 67.6 Å². The zero-order valence-corrected chi connectivity index (χ0v) is 15.0. The van der Waals surface area contributed by atoms with E-state index in [0.717, 1.165) is 11.1 Å². The molecule has 128 valence electrons. The summed E-state index contributed by atoms with van der Waals surface area (Å²) in [6.07, 6.45) is 0.464. The molecule has 1 fully saturated rings. The number of benzene rings is 1. The van der Waals surface area contributed by atoms with E-state index in [1.54, 1.807) is 25.2 Å². The van der Waals surface area contributed by atoms with Crippen molar-refractivity contribution in [3.63, 3.8) is 0 Å². The lowest BCUT2D eigenvalue weighted by Gasteiger charge is -2.22. The Bertz CT molecular complexity index is 888. The van der Waals surface area contributed by atoms with Gasteiger partial charge in [-0.2, -0.15) is 0 Å². The highest BCUT2D eigenvalue weighted by Gasteiger charge is 2.33.